The van der Waals surface area contributed by atoms with Crippen molar-refractivity contribution in [1.29, 1.82) is 0 Å². The number of hydrogen-bond donors (Lipinski definition) is 1. The number of methoxy groups -OCH3 is 1. The van der Waals surface area contributed by atoms with E-state index in [4.69, 9.17) is 9.47 Å². The Morgan fingerprint density at radius 3 is 2.46 bits per heavy atom. The highest BCUT2D eigenvalue weighted by Crippen LogP contribution is 2.30. The van der Waals surface area contributed by atoms with Crippen molar-refractivity contribution in [2.75, 3.05) is 12.0 Å². The van der Waals surface area contributed by atoms with Crippen LogP contribution in [0.15, 0.2) is 70.7 Å². The summed E-state index contributed by atoms with van der Waals surface area (Å²) in [5, 5.41) is 2.21. The summed E-state index contributed by atoms with van der Waals surface area (Å²) in [6.07, 6.45) is 1.36. The number of rotatable bonds is 6. The molecule has 3 aromatic carbocycles. The molecule has 0 aromatic heterocycles. The van der Waals surface area contributed by atoms with Crippen LogP contribution in [0.3, 0.4) is 0 Å². The Hall–Kier alpha value is -3.98. The Morgan fingerprint density at radius 2 is 1.77 bits per heavy atom. The van der Waals surface area contributed by atoms with Crippen LogP contribution >= 0.6 is 15.9 Å². The maximum absolute atomic E-state index is 13.3. The van der Waals surface area contributed by atoms with E-state index in [9.17, 15) is 18.8 Å². The van der Waals surface area contributed by atoms with E-state index in [-0.39, 0.29) is 18.0 Å². The molecule has 9 heteroatoms. The van der Waals surface area contributed by atoms with Crippen LogP contribution in [0.25, 0.3) is 6.08 Å². The van der Waals surface area contributed by atoms with Gasteiger partial charge in [0.05, 0.1) is 12.8 Å². The molecule has 0 unspecified atom stereocenters. The summed E-state index contributed by atoms with van der Waals surface area (Å²) < 4.78 is 25.2. The highest BCUT2D eigenvalue weighted by atomic mass is 79.9. The second-order valence-corrected chi connectivity index (χ2v) is 8.56. The molecule has 0 bridgehead atoms. The fraction of sp³-hybridized carbons (Fsp3) is 0.115. The third-order valence-corrected chi connectivity index (χ3v) is 6.22. The second kappa shape index (κ2) is 10.1. The number of nitrogens with one attached hydrogen (secondary N) is 1. The van der Waals surface area contributed by atoms with Crippen molar-refractivity contribution < 1.29 is 28.2 Å². The van der Waals surface area contributed by atoms with E-state index < -0.39 is 17.8 Å². The minimum absolute atomic E-state index is 0.118. The smallest absolute Gasteiger partial charge is 0.335 e. The van der Waals surface area contributed by atoms with Crippen molar-refractivity contribution in [3.05, 3.63) is 93.2 Å². The van der Waals surface area contributed by atoms with Gasteiger partial charge in [0.15, 0.2) is 0 Å². The number of amides is 4. The predicted octanol–water partition coefficient (Wildman–Crippen LogP) is 5.15. The number of aryl methyl sites for hydroxylation is 1. The third kappa shape index (κ3) is 5.25. The molecule has 1 N–H and O–H groups in total. The topological polar surface area (TPSA) is 84.9 Å². The molecular weight excluding hydrogens is 519 g/mol. The molecule has 1 heterocycles. The van der Waals surface area contributed by atoms with Crippen LogP contribution in [0.4, 0.5) is 14.9 Å². The number of benzene rings is 3. The Bertz CT molecular complexity index is 1350. The van der Waals surface area contributed by atoms with Crippen molar-refractivity contribution in [2.45, 2.75) is 13.5 Å². The maximum atomic E-state index is 13.3. The first-order valence-electron chi connectivity index (χ1n) is 10.5. The number of hydrogen-bond acceptors (Lipinski definition) is 5. The molecule has 1 fully saturated rings. The average molecular weight is 539 g/mol. The summed E-state index contributed by atoms with van der Waals surface area (Å²) in [6, 6.07) is 14.9. The number of anilines is 1. The van der Waals surface area contributed by atoms with E-state index in [0.717, 1.165) is 20.5 Å². The lowest BCUT2D eigenvalue weighted by molar-refractivity contribution is -0.122. The largest absolute Gasteiger partial charge is 0.497 e. The van der Waals surface area contributed by atoms with Crippen LogP contribution in [0.2, 0.25) is 0 Å². The first-order chi connectivity index (χ1) is 16.8. The van der Waals surface area contributed by atoms with Crippen LogP contribution in [-0.4, -0.2) is 25.0 Å². The van der Waals surface area contributed by atoms with Crippen molar-refractivity contribution in [3.8, 4) is 11.5 Å². The van der Waals surface area contributed by atoms with Crippen LogP contribution in [0, 0.1) is 12.7 Å². The first kappa shape index (κ1) is 24.2. The summed E-state index contributed by atoms with van der Waals surface area (Å²) in [5.41, 5.74) is 2.06. The number of imide groups is 2. The van der Waals surface area contributed by atoms with Gasteiger partial charge in [-0.15, -0.1) is 0 Å². The van der Waals surface area contributed by atoms with E-state index in [1.165, 1.54) is 25.3 Å². The minimum Gasteiger partial charge on any atom is -0.497 e. The van der Waals surface area contributed by atoms with Crippen LogP contribution in [0.1, 0.15) is 16.7 Å². The van der Waals surface area contributed by atoms with Gasteiger partial charge in [0.2, 0.25) is 0 Å². The SMILES string of the molecule is COc1ccc(/C=C2/C(=O)NC(=O)N(c3ccc(Br)c(C)c3)C2=O)c(OCc2ccc(F)cc2)c1. The highest BCUT2D eigenvalue weighted by Gasteiger charge is 2.37. The molecule has 1 saturated heterocycles. The normalized spacial score (nSPS) is 14.8. The van der Waals surface area contributed by atoms with Gasteiger partial charge in [0.1, 0.15) is 29.5 Å². The van der Waals surface area contributed by atoms with Gasteiger partial charge in [-0.1, -0.05) is 28.1 Å². The molecule has 178 valence electrons. The highest BCUT2D eigenvalue weighted by molar-refractivity contribution is 9.10. The third-order valence-electron chi connectivity index (χ3n) is 5.33. The van der Waals surface area contributed by atoms with Gasteiger partial charge in [0.25, 0.3) is 11.8 Å². The van der Waals surface area contributed by atoms with E-state index in [0.29, 0.717) is 22.7 Å². The molecule has 3 aromatic rings. The Kier molecular flexibility index (Phi) is 6.97. The zero-order valence-electron chi connectivity index (χ0n) is 18.8. The molecule has 0 radical (unpaired) electrons. The number of carbonyl (C=O) groups excluding carboxylic acids is 3. The number of barbiturate groups is 1. The molecule has 0 saturated carbocycles. The van der Waals surface area contributed by atoms with Gasteiger partial charge in [-0.05, 0) is 66.6 Å². The molecule has 0 spiro atoms. The van der Waals surface area contributed by atoms with Crippen LogP contribution in [-0.2, 0) is 16.2 Å². The number of ether oxygens (including phenoxy) is 2. The van der Waals surface area contributed by atoms with Crippen LogP contribution < -0.4 is 19.7 Å². The van der Waals surface area contributed by atoms with E-state index in [1.54, 1.807) is 48.5 Å². The lowest BCUT2D eigenvalue weighted by atomic mass is 10.1. The predicted molar refractivity (Wildman–Crippen MR) is 132 cm³/mol. The van der Waals surface area contributed by atoms with E-state index in [1.807, 2.05) is 6.92 Å². The lowest BCUT2D eigenvalue weighted by Gasteiger charge is -2.27. The lowest BCUT2D eigenvalue weighted by Crippen LogP contribution is -2.54. The molecular formula is C26H20BrFN2O5. The van der Waals surface area contributed by atoms with Gasteiger partial charge >= 0.3 is 6.03 Å². The molecule has 35 heavy (non-hydrogen) atoms. The zero-order valence-corrected chi connectivity index (χ0v) is 20.4. The fourth-order valence-corrected chi connectivity index (χ4v) is 3.69. The quantitative estimate of drug-likeness (QED) is 0.346. The Labute approximate surface area is 209 Å². The fourth-order valence-electron chi connectivity index (χ4n) is 3.44. The summed E-state index contributed by atoms with van der Waals surface area (Å²) in [6.45, 7) is 1.94. The summed E-state index contributed by atoms with van der Waals surface area (Å²) >= 11 is 3.39. The molecule has 7 nitrogen and oxygen atoms in total. The Balaban J connectivity index is 1.68. The Morgan fingerprint density at radius 1 is 1.03 bits per heavy atom. The number of halogens is 2. The average Bonchev–Trinajstić information content (AvgIpc) is 2.84. The van der Waals surface area contributed by atoms with Crippen molar-refractivity contribution in [2.24, 2.45) is 0 Å². The molecule has 1 aliphatic heterocycles. The van der Waals surface area contributed by atoms with Gasteiger partial charge in [-0.3, -0.25) is 14.9 Å². The number of nitrogens with zero attached hydrogens (tertiary/aromatic N) is 1. The van der Waals surface area contributed by atoms with Crippen molar-refractivity contribution in [3.63, 3.8) is 0 Å². The number of carbonyl (C=O) groups is 3. The molecule has 4 amide bonds. The van der Waals surface area contributed by atoms with Crippen LogP contribution in [0.5, 0.6) is 11.5 Å². The number of urea groups is 1. The van der Waals surface area contributed by atoms with Crippen molar-refractivity contribution >= 4 is 45.5 Å². The van der Waals surface area contributed by atoms with Gasteiger partial charge in [-0.25, -0.2) is 14.1 Å². The maximum Gasteiger partial charge on any atom is 0.335 e. The standard InChI is InChI=1S/C26H20BrFN2O5/c1-15-11-19(8-10-22(15)27)30-25(32)21(24(31)29-26(30)33)12-17-5-9-20(34-2)13-23(17)35-14-16-3-6-18(28)7-4-16/h3-13H,14H2,1-2H3,(H,29,31,33)/b21-12-. The van der Waals surface area contributed by atoms with Crippen molar-refractivity contribution in [1.82, 2.24) is 5.32 Å². The summed E-state index contributed by atoms with van der Waals surface area (Å²) in [5.74, 6) is -1.10. The molecule has 0 atom stereocenters. The molecule has 0 aliphatic carbocycles. The summed E-state index contributed by atoms with van der Waals surface area (Å²) in [4.78, 5) is 39.3. The molecule has 1 aliphatic rings. The zero-order chi connectivity index (χ0) is 25.1. The van der Waals surface area contributed by atoms with Gasteiger partial charge in [0, 0.05) is 16.1 Å². The van der Waals surface area contributed by atoms with Gasteiger partial charge < -0.3 is 9.47 Å². The van der Waals surface area contributed by atoms with E-state index >= 15 is 0 Å². The van der Waals surface area contributed by atoms with E-state index in [2.05, 4.69) is 21.2 Å². The monoisotopic (exact) mass is 538 g/mol. The molecule has 4 rings (SSSR count). The minimum atomic E-state index is -0.832. The second-order valence-electron chi connectivity index (χ2n) is 7.71. The van der Waals surface area contributed by atoms with Gasteiger partial charge in [-0.2, -0.15) is 0 Å². The first-order valence-corrected chi connectivity index (χ1v) is 11.3. The summed E-state index contributed by atoms with van der Waals surface area (Å²) in [7, 11) is 1.50.